The summed E-state index contributed by atoms with van der Waals surface area (Å²) in [5.74, 6) is 1.12. The molecule has 0 atom stereocenters. The highest BCUT2D eigenvalue weighted by molar-refractivity contribution is 9.10. The van der Waals surface area contributed by atoms with E-state index < -0.39 is 0 Å². The minimum atomic E-state index is 1.05. The predicted octanol–water partition coefficient (Wildman–Crippen LogP) is 3.04. The molecule has 3 nitrogen and oxygen atoms in total. The smallest absolute Gasteiger partial charge is 0.140 e. The van der Waals surface area contributed by atoms with Crippen molar-refractivity contribution in [1.82, 2.24) is 10.3 Å². The van der Waals surface area contributed by atoms with Crippen LogP contribution in [0.4, 0.5) is 5.82 Å². The third-order valence-electron chi connectivity index (χ3n) is 2.71. The maximum Gasteiger partial charge on any atom is 0.140 e. The van der Waals surface area contributed by atoms with Crippen molar-refractivity contribution >= 4 is 44.4 Å². The molecule has 1 saturated heterocycles. The van der Waals surface area contributed by atoms with Gasteiger partial charge < -0.3 is 10.2 Å². The minimum absolute atomic E-state index is 1.05. The molecule has 1 N–H and O–H groups in total. The normalized spacial score (nSPS) is 16.4. The summed E-state index contributed by atoms with van der Waals surface area (Å²) in [5.41, 5.74) is 0. The number of hydrogen-bond acceptors (Lipinski definition) is 5. The van der Waals surface area contributed by atoms with E-state index in [0.717, 1.165) is 41.5 Å². The molecular formula is C11H12BrN3S2. The Kier molecular flexibility index (Phi) is 3.46. The van der Waals surface area contributed by atoms with Gasteiger partial charge in [-0.05, 0) is 22.0 Å². The first-order valence-electron chi connectivity index (χ1n) is 5.48. The van der Waals surface area contributed by atoms with Crippen molar-refractivity contribution < 1.29 is 0 Å². The molecule has 17 heavy (non-hydrogen) atoms. The second-order valence-electron chi connectivity index (χ2n) is 3.88. The zero-order chi connectivity index (χ0) is 11.7. The number of thiophene rings is 1. The van der Waals surface area contributed by atoms with Crippen LogP contribution in [0.1, 0.15) is 0 Å². The van der Waals surface area contributed by atoms with Gasteiger partial charge in [0.2, 0.25) is 0 Å². The van der Waals surface area contributed by atoms with Gasteiger partial charge in [-0.1, -0.05) is 0 Å². The number of halogens is 1. The van der Waals surface area contributed by atoms with E-state index in [1.54, 1.807) is 22.7 Å². The van der Waals surface area contributed by atoms with Gasteiger partial charge in [-0.25, -0.2) is 4.98 Å². The van der Waals surface area contributed by atoms with E-state index in [9.17, 15) is 0 Å². The Labute approximate surface area is 117 Å². The Morgan fingerprint density at radius 3 is 2.76 bits per heavy atom. The number of nitrogens with zero attached hydrogens (tertiary/aromatic N) is 2. The summed E-state index contributed by atoms with van der Waals surface area (Å²) in [6.07, 6.45) is 0. The summed E-state index contributed by atoms with van der Waals surface area (Å²) >= 11 is 6.94. The van der Waals surface area contributed by atoms with Crippen LogP contribution >= 0.6 is 38.6 Å². The molecule has 0 aliphatic carbocycles. The highest BCUT2D eigenvalue weighted by Crippen LogP contribution is 2.33. The molecule has 90 valence electrons. The van der Waals surface area contributed by atoms with Crippen LogP contribution in [-0.2, 0) is 0 Å². The highest BCUT2D eigenvalue weighted by Gasteiger charge is 2.14. The first-order valence-corrected chi connectivity index (χ1v) is 8.04. The number of anilines is 1. The van der Waals surface area contributed by atoms with Crippen molar-refractivity contribution in [3.8, 4) is 9.88 Å². The van der Waals surface area contributed by atoms with Crippen molar-refractivity contribution in [1.29, 1.82) is 0 Å². The number of piperazine rings is 1. The van der Waals surface area contributed by atoms with Gasteiger partial charge >= 0.3 is 0 Å². The van der Waals surface area contributed by atoms with Crippen LogP contribution < -0.4 is 10.2 Å². The Morgan fingerprint density at radius 1 is 1.24 bits per heavy atom. The van der Waals surface area contributed by atoms with Gasteiger partial charge in [0.1, 0.15) is 10.8 Å². The minimum Gasteiger partial charge on any atom is -0.353 e. The first kappa shape index (κ1) is 11.6. The van der Waals surface area contributed by atoms with Gasteiger partial charge in [0.15, 0.2) is 0 Å². The lowest BCUT2D eigenvalue weighted by Crippen LogP contribution is -2.43. The molecule has 1 aliphatic rings. The Balaban J connectivity index is 1.82. The molecule has 3 rings (SSSR count). The largest absolute Gasteiger partial charge is 0.353 e. The quantitative estimate of drug-likeness (QED) is 0.917. The monoisotopic (exact) mass is 329 g/mol. The number of nitrogens with one attached hydrogen (secondary N) is 1. The van der Waals surface area contributed by atoms with Crippen LogP contribution in [0.2, 0.25) is 0 Å². The second-order valence-corrected chi connectivity index (χ2v) is 6.56. The van der Waals surface area contributed by atoms with Crippen molar-refractivity contribution in [2.75, 3.05) is 31.1 Å². The van der Waals surface area contributed by atoms with E-state index in [1.165, 1.54) is 4.88 Å². The summed E-state index contributed by atoms with van der Waals surface area (Å²) in [5, 5.41) is 8.74. The zero-order valence-electron chi connectivity index (χ0n) is 9.15. The van der Waals surface area contributed by atoms with E-state index in [0.29, 0.717) is 0 Å². The fourth-order valence-electron chi connectivity index (χ4n) is 1.84. The Bertz CT molecular complexity index is 502. The highest BCUT2D eigenvalue weighted by atomic mass is 79.9. The number of aromatic nitrogens is 1. The van der Waals surface area contributed by atoms with E-state index in [-0.39, 0.29) is 0 Å². The molecule has 0 aromatic carbocycles. The summed E-state index contributed by atoms with van der Waals surface area (Å²) < 4.78 is 1.14. The summed E-state index contributed by atoms with van der Waals surface area (Å²) in [4.78, 5) is 8.31. The van der Waals surface area contributed by atoms with Crippen molar-refractivity contribution in [2.45, 2.75) is 0 Å². The SMILES string of the molecule is Brc1csc(-c2nc(N3CCNCC3)cs2)c1. The maximum atomic E-state index is 4.72. The molecule has 0 amide bonds. The molecule has 2 aromatic heterocycles. The van der Waals surface area contributed by atoms with E-state index in [4.69, 9.17) is 4.98 Å². The molecule has 0 unspecified atom stereocenters. The number of thiazole rings is 1. The van der Waals surface area contributed by atoms with E-state index in [2.05, 4.69) is 43.0 Å². The number of hydrogen-bond donors (Lipinski definition) is 1. The average Bonchev–Trinajstić information content (AvgIpc) is 2.98. The standard InChI is InChI=1S/C11H12BrN3S2/c12-8-5-9(16-6-8)11-14-10(7-17-11)15-3-1-13-2-4-15/h5-7,13H,1-4H2. The summed E-state index contributed by atoms with van der Waals surface area (Å²) in [6, 6.07) is 2.13. The molecule has 0 bridgehead atoms. The third-order valence-corrected chi connectivity index (χ3v) is 5.40. The van der Waals surface area contributed by atoms with Gasteiger partial charge in [-0.15, -0.1) is 22.7 Å². The van der Waals surface area contributed by atoms with Crippen LogP contribution in [0.5, 0.6) is 0 Å². The summed E-state index contributed by atoms with van der Waals surface area (Å²) in [6.45, 7) is 4.21. The van der Waals surface area contributed by atoms with Gasteiger partial charge in [-0.3, -0.25) is 0 Å². The Hall–Kier alpha value is -0.430. The lowest BCUT2D eigenvalue weighted by molar-refractivity contribution is 0.586. The van der Waals surface area contributed by atoms with Gasteiger partial charge in [-0.2, -0.15) is 0 Å². The zero-order valence-corrected chi connectivity index (χ0v) is 12.4. The van der Waals surface area contributed by atoms with Gasteiger partial charge in [0.25, 0.3) is 0 Å². The van der Waals surface area contributed by atoms with Crippen molar-refractivity contribution in [3.63, 3.8) is 0 Å². The molecule has 2 aromatic rings. The maximum absolute atomic E-state index is 4.72. The average molecular weight is 330 g/mol. The molecule has 0 radical (unpaired) electrons. The number of rotatable bonds is 2. The fraction of sp³-hybridized carbons (Fsp3) is 0.364. The van der Waals surface area contributed by atoms with Crippen molar-refractivity contribution in [3.05, 3.63) is 21.3 Å². The predicted molar refractivity (Wildman–Crippen MR) is 78.2 cm³/mol. The van der Waals surface area contributed by atoms with E-state index >= 15 is 0 Å². The third kappa shape index (κ3) is 2.54. The molecule has 1 aliphatic heterocycles. The summed E-state index contributed by atoms with van der Waals surface area (Å²) in [7, 11) is 0. The molecule has 0 spiro atoms. The van der Waals surface area contributed by atoms with Crippen LogP contribution in [0.3, 0.4) is 0 Å². The van der Waals surface area contributed by atoms with Crippen LogP contribution in [0.25, 0.3) is 9.88 Å². The fourth-order valence-corrected chi connectivity index (χ4v) is 4.18. The van der Waals surface area contributed by atoms with Crippen LogP contribution in [-0.4, -0.2) is 31.2 Å². The second kappa shape index (κ2) is 5.06. The van der Waals surface area contributed by atoms with Gasteiger partial charge in [0, 0.05) is 41.4 Å². The molecule has 1 fully saturated rings. The first-order chi connectivity index (χ1) is 8.33. The van der Waals surface area contributed by atoms with Crippen LogP contribution in [0.15, 0.2) is 21.3 Å². The lowest BCUT2D eigenvalue weighted by atomic mass is 10.4. The lowest BCUT2D eigenvalue weighted by Gasteiger charge is -2.27. The topological polar surface area (TPSA) is 28.2 Å². The Morgan fingerprint density at radius 2 is 2.06 bits per heavy atom. The van der Waals surface area contributed by atoms with Crippen LogP contribution in [0, 0.1) is 0 Å². The molecule has 6 heteroatoms. The van der Waals surface area contributed by atoms with E-state index in [1.807, 2.05) is 0 Å². The van der Waals surface area contributed by atoms with Gasteiger partial charge in [0.05, 0.1) is 4.88 Å². The molecule has 3 heterocycles. The molecule has 0 saturated carbocycles. The van der Waals surface area contributed by atoms with Crippen molar-refractivity contribution in [2.24, 2.45) is 0 Å². The molecular weight excluding hydrogens is 318 g/mol.